The fourth-order valence-corrected chi connectivity index (χ4v) is 11.3. The molecular formula is C47H89NO5SSi3. The van der Waals surface area contributed by atoms with Gasteiger partial charge in [-0.15, -0.1) is 17.9 Å². The largest absolute Gasteiger partial charge is 0.413 e. The minimum atomic E-state index is -2.27. The summed E-state index contributed by atoms with van der Waals surface area (Å²) in [7, 11) is -6.54. The predicted molar refractivity (Wildman–Crippen MR) is 257 cm³/mol. The Morgan fingerprint density at radius 1 is 0.842 bits per heavy atom. The first-order valence-corrected chi connectivity index (χ1v) is 31.3. The van der Waals surface area contributed by atoms with Crippen LogP contribution in [0.25, 0.3) is 6.08 Å². The highest BCUT2D eigenvalue weighted by Crippen LogP contribution is 2.45. The second-order valence-electron chi connectivity index (χ2n) is 22.1. The first kappa shape index (κ1) is 54.0. The Morgan fingerprint density at radius 3 is 1.81 bits per heavy atom. The molecule has 0 aliphatic heterocycles. The molecule has 5 atom stereocenters. The van der Waals surface area contributed by atoms with Gasteiger partial charge >= 0.3 is 0 Å². The third kappa shape index (κ3) is 15.8. The lowest BCUT2D eigenvalue weighted by atomic mass is 9.71. The van der Waals surface area contributed by atoms with Crippen molar-refractivity contribution in [3.63, 3.8) is 0 Å². The number of carbonyl (C=O) groups excluding carboxylic acids is 1. The fraction of sp³-hybridized carbons (Fsp3) is 0.787. The number of aliphatic hydroxyl groups excluding tert-OH is 1. The van der Waals surface area contributed by atoms with Crippen LogP contribution in [0, 0.1) is 24.2 Å². The van der Waals surface area contributed by atoms with Gasteiger partial charge in [-0.3, -0.25) is 4.79 Å². The van der Waals surface area contributed by atoms with Crippen LogP contribution in [0.4, 0.5) is 0 Å². The summed E-state index contributed by atoms with van der Waals surface area (Å²) in [5.41, 5.74) is 2.75. The molecule has 1 rings (SSSR count). The van der Waals surface area contributed by atoms with Crippen LogP contribution < -0.4 is 0 Å². The average Bonchev–Trinajstić information content (AvgIpc) is 3.46. The molecule has 0 fully saturated rings. The lowest BCUT2D eigenvalue weighted by Crippen LogP contribution is -2.54. The summed E-state index contributed by atoms with van der Waals surface area (Å²) in [6.07, 6.45) is 10.5. The zero-order valence-corrected chi connectivity index (χ0v) is 44.6. The van der Waals surface area contributed by atoms with Crippen molar-refractivity contribution in [3.05, 3.63) is 46.0 Å². The molecule has 0 aliphatic rings. The molecule has 330 valence electrons. The molecule has 0 saturated heterocycles. The highest BCUT2D eigenvalue weighted by Gasteiger charge is 2.50. The second kappa shape index (κ2) is 21.2. The molecule has 1 aromatic rings. The van der Waals surface area contributed by atoms with Crippen LogP contribution in [0.5, 0.6) is 0 Å². The predicted octanol–water partition coefficient (Wildman–Crippen LogP) is 14.3. The van der Waals surface area contributed by atoms with E-state index in [-0.39, 0.29) is 51.5 Å². The van der Waals surface area contributed by atoms with Crippen molar-refractivity contribution in [2.45, 2.75) is 215 Å². The molecular weight excluding hydrogens is 775 g/mol. The fourth-order valence-electron chi connectivity index (χ4n) is 6.44. The summed E-state index contributed by atoms with van der Waals surface area (Å²) in [5.74, 6) is -0.0715. The summed E-state index contributed by atoms with van der Waals surface area (Å²) in [6, 6.07) is 0. The average molecular weight is 865 g/mol. The monoisotopic (exact) mass is 864 g/mol. The highest BCUT2D eigenvalue weighted by molar-refractivity contribution is 7.09. The quantitative estimate of drug-likeness (QED) is 0.0872. The van der Waals surface area contributed by atoms with Crippen LogP contribution in [0.2, 0.25) is 54.4 Å². The molecule has 0 bridgehead atoms. The Balaban J connectivity index is 3.46. The maximum atomic E-state index is 15.1. The minimum Gasteiger partial charge on any atom is -0.413 e. The molecule has 0 radical (unpaired) electrons. The van der Waals surface area contributed by atoms with E-state index in [4.69, 9.17) is 18.3 Å². The van der Waals surface area contributed by atoms with E-state index >= 15 is 4.79 Å². The van der Waals surface area contributed by atoms with E-state index in [9.17, 15) is 5.11 Å². The number of allylic oxidation sites excluding steroid dienone is 2. The van der Waals surface area contributed by atoms with E-state index in [0.717, 1.165) is 36.4 Å². The number of Topliss-reactive ketones (excluding diaryl/α,β-unsaturated/α-hetero) is 1. The van der Waals surface area contributed by atoms with E-state index in [1.54, 1.807) is 11.3 Å². The highest BCUT2D eigenvalue weighted by atomic mass is 32.1. The number of aromatic nitrogens is 1. The van der Waals surface area contributed by atoms with Crippen LogP contribution in [0.3, 0.4) is 0 Å². The van der Waals surface area contributed by atoms with E-state index in [1.165, 1.54) is 11.1 Å². The van der Waals surface area contributed by atoms with Gasteiger partial charge in [-0.1, -0.05) is 101 Å². The number of aryl methyl sites for hydroxylation is 1. The van der Waals surface area contributed by atoms with Gasteiger partial charge in [0.05, 0.1) is 29.0 Å². The van der Waals surface area contributed by atoms with Crippen LogP contribution in [-0.4, -0.2) is 65.7 Å². The van der Waals surface area contributed by atoms with E-state index in [2.05, 4.69) is 146 Å². The first-order valence-electron chi connectivity index (χ1n) is 21.7. The molecule has 0 amide bonds. The van der Waals surface area contributed by atoms with E-state index in [1.807, 2.05) is 26.8 Å². The van der Waals surface area contributed by atoms with Gasteiger partial charge < -0.3 is 18.4 Å². The van der Waals surface area contributed by atoms with Crippen molar-refractivity contribution in [1.82, 2.24) is 4.98 Å². The summed E-state index contributed by atoms with van der Waals surface area (Å²) in [5, 5.41) is 13.5. The number of hydrogen-bond acceptors (Lipinski definition) is 7. The lowest BCUT2D eigenvalue weighted by molar-refractivity contribution is -0.141. The maximum Gasteiger partial charge on any atom is 0.192 e. The Bertz CT molecular complexity index is 1490. The molecule has 1 heterocycles. The molecule has 0 aliphatic carbocycles. The summed E-state index contributed by atoms with van der Waals surface area (Å²) >= 11 is 1.68. The topological polar surface area (TPSA) is 77.9 Å². The molecule has 1 N–H and O–H groups in total. The SMILES string of the molecule is C=CCC(C(=O)C(C)(C)C(CCO)O[Si](C)(C)C(C)(C)C)C(O[Si](C)(C)C(C)(C)C)C(C)CCCC(C)=CCC(O[Si](C)(C)C(C)(C)C)C(C)=Cc1csc(C)n1. The zero-order chi connectivity index (χ0) is 44.6. The number of aliphatic hydroxyl groups is 1. The number of ketones is 1. The van der Waals surface area contributed by atoms with Crippen molar-refractivity contribution in [2.24, 2.45) is 17.3 Å². The van der Waals surface area contributed by atoms with Gasteiger partial charge in [0, 0.05) is 23.3 Å². The number of thiazole rings is 1. The van der Waals surface area contributed by atoms with Gasteiger partial charge in [0.1, 0.15) is 5.78 Å². The zero-order valence-electron chi connectivity index (χ0n) is 40.8. The Hall–Kier alpha value is -0.989. The van der Waals surface area contributed by atoms with Crippen molar-refractivity contribution in [2.75, 3.05) is 6.61 Å². The number of rotatable bonds is 23. The molecule has 0 aromatic carbocycles. The van der Waals surface area contributed by atoms with Gasteiger partial charge in [0.25, 0.3) is 0 Å². The van der Waals surface area contributed by atoms with Crippen LogP contribution in [0.15, 0.2) is 35.3 Å². The minimum absolute atomic E-state index is 0.00607. The van der Waals surface area contributed by atoms with E-state index in [0.29, 0.717) is 12.8 Å². The van der Waals surface area contributed by atoms with Gasteiger partial charge in [0.2, 0.25) is 0 Å². The molecule has 6 nitrogen and oxygen atoms in total. The van der Waals surface area contributed by atoms with E-state index < -0.39 is 36.5 Å². The molecule has 0 saturated carbocycles. The normalized spacial score (nSPS) is 17.3. The van der Waals surface area contributed by atoms with Crippen molar-refractivity contribution >= 4 is 48.1 Å². The van der Waals surface area contributed by atoms with Crippen LogP contribution >= 0.6 is 11.3 Å². The Morgan fingerprint density at radius 2 is 1.35 bits per heavy atom. The van der Waals surface area contributed by atoms with Crippen molar-refractivity contribution in [1.29, 1.82) is 0 Å². The van der Waals surface area contributed by atoms with Gasteiger partial charge in [-0.2, -0.15) is 0 Å². The van der Waals surface area contributed by atoms with Crippen LogP contribution in [-0.2, 0) is 18.1 Å². The standard InChI is InChI=1S/C47H89NO5SSi3/c1-23-25-39(43(50)47(15,16)41(30-31-49)52-56(19,20)45(9,10)11)42(53-57(21,22)46(12,13)14)35(3)27-24-26-34(2)28-29-40(51-55(17,18)44(6,7)8)36(4)32-38-33-54-37(5)48-38/h23,28,32-33,35,39-42,49H,1,24-27,29-31H2,2-22H3. The lowest BCUT2D eigenvalue weighted by Gasteiger charge is -2.47. The molecule has 10 heteroatoms. The van der Waals surface area contributed by atoms with Gasteiger partial charge in [-0.05, 0) is 131 Å². The Labute approximate surface area is 359 Å². The molecule has 57 heavy (non-hydrogen) atoms. The van der Waals surface area contributed by atoms with Gasteiger partial charge in [-0.25, -0.2) is 4.98 Å². The second-order valence-corrected chi connectivity index (χ2v) is 37.5. The molecule has 5 unspecified atom stereocenters. The molecule has 1 aromatic heterocycles. The summed E-state index contributed by atoms with van der Waals surface area (Å²) in [6.45, 7) is 51.0. The van der Waals surface area contributed by atoms with Crippen LogP contribution in [0.1, 0.15) is 146 Å². The summed E-state index contributed by atoms with van der Waals surface area (Å²) < 4.78 is 21.3. The number of nitrogens with zero attached hydrogens (tertiary/aromatic N) is 1. The summed E-state index contributed by atoms with van der Waals surface area (Å²) in [4.78, 5) is 19.8. The Kier molecular flexibility index (Phi) is 20.1. The smallest absolute Gasteiger partial charge is 0.192 e. The van der Waals surface area contributed by atoms with Crippen molar-refractivity contribution < 1.29 is 23.2 Å². The first-order chi connectivity index (χ1) is 25.6. The molecule has 0 spiro atoms. The maximum absolute atomic E-state index is 15.1. The van der Waals surface area contributed by atoms with Crippen molar-refractivity contribution in [3.8, 4) is 0 Å². The van der Waals surface area contributed by atoms with Gasteiger partial charge in [0.15, 0.2) is 25.0 Å². The number of carbonyl (C=O) groups is 1. The third-order valence-corrected chi connectivity index (χ3v) is 27.9. The third-order valence-electron chi connectivity index (χ3n) is 13.7. The number of hydrogen-bond donors (Lipinski definition) is 1.